The van der Waals surface area contributed by atoms with E-state index in [1.54, 1.807) is 0 Å². The molecule has 1 unspecified atom stereocenters. The van der Waals surface area contributed by atoms with Crippen LogP contribution in [0.25, 0.3) is 0 Å². The number of unbranched alkanes of at least 4 members (excludes halogenated alkanes) is 1. The van der Waals surface area contributed by atoms with Crippen LogP contribution in [0.5, 0.6) is 0 Å². The Kier molecular flexibility index (Phi) is 7.87. The molecule has 0 spiro atoms. The van der Waals surface area contributed by atoms with Gasteiger partial charge in [0, 0.05) is 19.1 Å². The minimum absolute atomic E-state index is 0.606. The number of aliphatic imine (C=N–C) groups is 1. The summed E-state index contributed by atoms with van der Waals surface area (Å²) in [5.41, 5.74) is 6.06. The number of nitrogens with two attached hydrogens (primary N) is 1. The third kappa shape index (κ3) is 5.39. The van der Waals surface area contributed by atoms with Crippen LogP contribution in [0.3, 0.4) is 0 Å². The van der Waals surface area contributed by atoms with Gasteiger partial charge >= 0.3 is 0 Å². The maximum atomic E-state index is 6.06. The van der Waals surface area contributed by atoms with Crippen molar-refractivity contribution in [1.82, 2.24) is 9.80 Å². The van der Waals surface area contributed by atoms with Crippen LogP contribution in [-0.4, -0.2) is 54.5 Å². The molecule has 0 aromatic rings. The zero-order chi connectivity index (χ0) is 14.1. The quantitative estimate of drug-likeness (QED) is 0.569. The van der Waals surface area contributed by atoms with Gasteiger partial charge in [-0.2, -0.15) is 0 Å². The van der Waals surface area contributed by atoms with E-state index < -0.39 is 0 Å². The van der Waals surface area contributed by atoms with E-state index in [4.69, 9.17) is 5.73 Å². The first-order valence-electron chi connectivity index (χ1n) is 8.01. The van der Waals surface area contributed by atoms with Crippen molar-refractivity contribution in [2.75, 3.05) is 32.7 Å². The molecule has 1 saturated heterocycles. The fourth-order valence-corrected chi connectivity index (χ4v) is 2.77. The van der Waals surface area contributed by atoms with Crippen molar-refractivity contribution >= 4 is 5.96 Å². The average molecular weight is 268 g/mol. The predicted molar refractivity (Wildman–Crippen MR) is 83.5 cm³/mol. The molecule has 0 aliphatic carbocycles. The van der Waals surface area contributed by atoms with Gasteiger partial charge in [-0.1, -0.05) is 19.8 Å². The Bertz CT molecular complexity index is 261. The van der Waals surface area contributed by atoms with Crippen LogP contribution in [0.1, 0.15) is 52.9 Å². The van der Waals surface area contributed by atoms with Crippen molar-refractivity contribution in [3.8, 4) is 0 Å². The summed E-state index contributed by atoms with van der Waals surface area (Å²) in [6.07, 6.45) is 6.53. The number of hydrogen-bond acceptors (Lipinski definition) is 2. The molecule has 0 bridgehead atoms. The van der Waals surface area contributed by atoms with Crippen LogP contribution >= 0.6 is 0 Å². The second kappa shape index (κ2) is 9.18. The lowest BCUT2D eigenvalue weighted by atomic mass is 10.0. The molecule has 0 aromatic heterocycles. The van der Waals surface area contributed by atoms with Gasteiger partial charge in [0.2, 0.25) is 0 Å². The van der Waals surface area contributed by atoms with Crippen LogP contribution in [0, 0.1) is 0 Å². The molecule has 0 amide bonds. The van der Waals surface area contributed by atoms with Crippen molar-refractivity contribution < 1.29 is 0 Å². The van der Waals surface area contributed by atoms with Gasteiger partial charge in [0.25, 0.3) is 0 Å². The van der Waals surface area contributed by atoms with Crippen molar-refractivity contribution in [3.63, 3.8) is 0 Å². The van der Waals surface area contributed by atoms with E-state index in [-0.39, 0.29) is 0 Å². The fraction of sp³-hybridized carbons (Fsp3) is 0.933. The minimum Gasteiger partial charge on any atom is -0.370 e. The van der Waals surface area contributed by atoms with Gasteiger partial charge in [0.1, 0.15) is 0 Å². The highest BCUT2D eigenvalue weighted by molar-refractivity contribution is 5.78. The van der Waals surface area contributed by atoms with E-state index >= 15 is 0 Å². The lowest BCUT2D eigenvalue weighted by Gasteiger charge is -2.35. The van der Waals surface area contributed by atoms with Crippen molar-refractivity contribution in [1.29, 1.82) is 0 Å². The summed E-state index contributed by atoms with van der Waals surface area (Å²) in [5, 5.41) is 0. The van der Waals surface area contributed by atoms with Gasteiger partial charge in [-0.15, -0.1) is 0 Å². The van der Waals surface area contributed by atoms with Gasteiger partial charge in [-0.3, -0.25) is 9.89 Å². The second-order valence-electron chi connectivity index (χ2n) is 5.41. The lowest BCUT2D eigenvalue weighted by Crippen LogP contribution is -2.43. The largest absolute Gasteiger partial charge is 0.370 e. The van der Waals surface area contributed by atoms with E-state index in [9.17, 15) is 0 Å². The summed E-state index contributed by atoms with van der Waals surface area (Å²) in [6.45, 7) is 11.7. The van der Waals surface area contributed by atoms with Crippen molar-refractivity contribution in [3.05, 3.63) is 0 Å². The highest BCUT2D eigenvalue weighted by Gasteiger charge is 2.21. The van der Waals surface area contributed by atoms with E-state index in [1.807, 2.05) is 0 Å². The molecular weight excluding hydrogens is 236 g/mol. The highest BCUT2D eigenvalue weighted by Crippen LogP contribution is 2.17. The third-order valence-corrected chi connectivity index (χ3v) is 4.10. The molecule has 1 heterocycles. The van der Waals surface area contributed by atoms with Crippen LogP contribution in [-0.2, 0) is 0 Å². The second-order valence-corrected chi connectivity index (χ2v) is 5.41. The first-order chi connectivity index (χ1) is 9.22. The first-order valence-corrected chi connectivity index (χ1v) is 8.01. The minimum atomic E-state index is 0.606. The maximum absolute atomic E-state index is 6.06. The summed E-state index contributed by atoms with van der Waals surface area (Å²) < 4.78 is 0. The Labute approximate surface area is 119 Å². The predicted octanol–water partition coefficient (Wildman–Crippen LogP) is 2.30. The van der Waals surface area contributed by atoms with Crippen LogP contribution < -0.4 is 5.73 Å². The normalized spacial score (nSPS) is 21.6. The number of hydrogen-bond donors (Lipinski definition) is 1. The molecule has 1 aliphatic heterocycles. The summed E-state index contributed by atoms with van der Waals surface area (Å²) in [4.78, 5) is 9.37. The molecule has 0 radical (unpaired) electrons. The molecule has 0 aromatic carbocycles. The zero-order valence-corrected chi connectivity index (χ0v) is 13.1. The standard InChI is InChI=1S/C15H32N4/c1-4-7-11-19-12-9-8-10-14(19)13-17-15(16)18(5-2)6-3/h14H,4-13H2,1-3H3,(H2,16,17). The SMILES string of the molecule is CCCCN1CCCCC1CN=C(N)N(CC)CC. The van der Waals surface area contributed by atoms with E-state index in [2.05, 4.69) is 35.6 Å². The number of likely N-dealkylation sites (tertiary alicyclic amines) is 1. The van der Waals surface area contributed by atoms with Crippen LogP contribution in [0.15, 0.2) is 4.99 Å². The Balaban J connectivity index is 2.49. The molecule has 2 N–H and O–H groups in total. The van der Waals surface area contributed by atoms with Crippen LogP contribution in [0.2, 0.25) is 0 Å². The summed E-state index contributed by atoms with van der Waals surface area (Å²) in [7, 11) is 0. The lowest BCUT2D eigenvalue weighted by molar-refractivity contribution is 0.151. The molecule has 1 aliphatic rings. The van der Waals surface area contributed by atoms with Gasteiger partial charge in [0.05, 0.1) is 6.54 Å². The zero-order valence-electron chi connectivity index (χ0n) is 13.1. The molecular formula is C15H32N4. The molecule has 4 heteroatoms. The molecule has 19 heavy (non-hydrogen) atoms. The number of rotatable bonds is 7. The smallest absolute Gasteiger partial charge is 0.191 e. The molecule has 0 saturated carbocycles. The Morgan fingerprint density at radius 2 is 2.00 bits per heavy atom. The van der Waals surface area contributed by atoms with Gasteiger partial charge in [0.15, 0.2) is 5.96 Å². The highest BCUT2D eigenvalue weighted by atomic mass is 15.3. The number of guanidine groups is 1. The molecule has 112 valence electrons. The van der Waals surface area contributed by atoms with Crippen LogP contribution in [0.4, 0.5) is 0 Å². The third-order valence-electron chi connectivity index (χ3n) is 4.10. The molecule has 1 rings (SSSR count). The molecule has 4 nitrogen and oxygen atoms in total. The topological polar surface area (TPSA) is 44.9 Å². The fourth-order valence-electron chi connectivity index (χ4n) is 2.77. The van der Waals surface area contributed by atoms with E-state index in [0.717, 1.165) is 19.6 Å². The van der Waals surface area contributed by atoms with Crippen molar-refractivity contribution in [2.24, 2.45) is 10.7 Å². The number of nitrogens with zero attached hydrogens (tertiary/aromatic N) is 3. The van der Waals surface area contributed by atoms with Gasteiger partial charge < -0.3 is 10.6 Å². The molecule has 1 atom stereocenters. The van der Waals surface area contributed by atoms with E-state index in [0.29, 0.717) is 12.0 Å². The van der Waals surface area contributed by atoms with Gasteiger partial charge in [-0.25, -0.2) is 0 Å². The summed E-state index contributed by atoms with van der Waals surface area (Å²) in [6, 6.07) is 0.606. The van der Waals surface area contributed by atoms with Crippen molar-refractivity contribution in [2.45, 2.75) is 58.9 Å². The van der Waals surface area contributed by atoms with E-state index in [1.165, 1.54) is 45.2 Å². The molecule has 1 fully saturated rings. The summed E-state index contributed by atoms with van der Waals surface area (Å²) >= 11 is 0. The van der Waals surface area contributed by atoms with Gasteiger partial charge in [-0.05, 0) is 46.2 Å². The Morgan fingerprint density at radius 1 is 1.26 bits per heavy atom. The summed E-state index contributed by atoms with van der Waals surface area (Å²) in [5.74, 6) is 0.714. The maximum Gasteiger partial charge on any atom is 0.191 e. The average Bonchev–Trinajstić information content (AvgIpc) is 2.45. The Morgan fingerprint density at radius 3 is 2.63 bits per heavy atom. The first kappa shape index (κ1) is 16.3. The monoisotopic (exact) mass is 268 g/mol. The number of piperidine rings is 1. The Hall–Kier alpha value is -0.770.